The zero-order chi connectivity index (χ0) is 14.7. The lowest BCUT2D eigenvalue weighted by Gasteiger charge is -2.39. The van der Waals surface area contributed by atoms with Crippen LogP contribution in [0.4, 0.5) is 0 Å². The molecule has 1 N–H and O–H groups in total. The Morgan fingerprint density at radius 1 is 1.15 bits per heavy atom. The Hall–Kier alpha value is -1.10. The van der Waals surface area contributed by atoms with E-state index in [0.717, 1.165) is 36.8 Å². The molecule has 2 rings (SSSR count). The third-order valence-corrected chi connectivity index (χ3v) is 4.50. The van der Waals surface area contributed by atoms with Crippen molar-refractivity contribution in [3.8, 4) is 0 Å². The normalized spacial score (nSPS) is 20.6. The Morgan fingerprint density at radius 3 is 2.25 bits per heavy atom. The Bertz CT molecular complexity index is 473. The molecular formula is C15H21ClN2O2. The van der Waals surface area contributed by atoms with E-state index < -0.39 is 12.0 Å². The Balaban J connectivity index is 1.97. The third-order valence-electron chi connectivity index (χ3n) is 4.16. The van der Waals surface area contributed by atoms with Gasteiger partial charge in [0.1, 0.15) is 6.04 Å². The summed E-state index contributed by atoms with van der Waals surface area (Å²) in [5.74, 6) is -0.752. The van der Waals surface area contributed by atoms with Crippen molar-refractivity contribution in [3.05, 3.63) is 34.9 Å². The molecule has 1 aromatic rings. The lowest BCUT2D eigenvalue weighted by atomic mass is 10.1. The summed E-state index contributed by atoms with van der Waals surface area (Å²) < 4.78 is 0. The summed E-state index contributed by atoms with van der Waals surface area (Å²) in [5.41, 5.74) is 1.13. The van der Waals surface area contributed by atoms with E-state index >= 15 is 0 Å². The van der Waals surface area contributed by atoms with Crippen LogP contribution < -0.4 is 0 Å². The number of rotatable bonds is 4. The van der Waals surface area contributed by atoms with Gasteiger partial charge in [-0.05, 0) is 25.5 Å². The summed E-state index contributed by atoms with van der Waals surface area (Å²) >= 11 is 6.24. The average Bonchev–Trinajstić information content (AvgIpc) is 2.46. The SMILES string of the molecule is C[C@H](c1ccccc1Cl)N1CCN([C@@H](C)C(=O)O)CC1. The van der Waals surface area contributed by atoms with E-state index in [1.54, 1.807) is 6.92 Å². The maximum Gasteiger partial charge on any atom is 0.320 e. The molecule has 20 heavy (non-hydrogen) atoms. The first-order chi connectivity index (χ1) is 9.50. The number of aliphatic carboxylic acids is 1. The molecule has 0 aliphatic carbocycles. The van der Waals surface area contributed by atoms with Crippen LogP contribution in [0.1, 0.15) is 25.5 Å². The molecule has 1 heterocycles. The van der Waals surface area contributed by atoms with Crippen LogP contribution in [0.2, 0.25) is 5.02 Å². The van der Waals surface area contributed by atoms with Gasteiger partial charge >= 0.3 is 5.97 Å². The van der Waals surface area contributed by atoms with E-state index in [1.807, 2.05) is 23.1 Å². The maximum absolute atomic E-state index is 11.0. The number of hydrogen-bond donors (Lipinski definition) is 1. The Morgan fingerprint density at radius 2 is 1.70 bits per heavy atom. The van der Waals surface area contributed by atoms with Crippen molar-refractivity contribution in [3.63, 3.8) is 0 Å². The largest absolute Gasteiger partial charge is 0.480 e. The number of halogens is 1. The highest BCUT2D eigenvalue weighted by molar-refractivity contribution is 6.31. The van der Waals surface area contributed by atoms with E-state index in [0.29, 0.717) is 0 Å². The third kappa shape index (κ3) is 3.32. The summed E-state index contributed by atoms with van der Waals surface area (Å²) in [5, 5.41) is 9.84. The van der Waals surface area contributed by atoms with Crippen molar-refractivity contribution in [2.75, 3.05) is 26.2 Å². The zero-order valence-electron chi connectivity index (χ0n) is 11.9. The molecule has 2 atom stereocenters. The second-order valence-electron chi connectivity index (χ2n) is 5.28. The number of benzene rings is 1. The van der Waals surface area contributed by atoms with Crippen LogP contribution in [0.5, 0.6) is 0 Å². The number of nitrogens with zero attached hydrogens (tertiary/aromatic N) is 2. The van der Waals surface area contributed by atoms with Gasteiger partial charge in [0.05, 0.1) is 0 Å². The fraction of sp³-hybridized carbons (Fsp3) is 0.533. The highest BCUT2D eigenvalue weighted by atomic mass is 35.5. The van der Waals surface area contributed by atoms with E-state index in [-0.39, 0.29) is 6.04 Å². The number of carbonyl (C=O) groups is 1. The van der Waals surface area contributed by atoms with Crippen molar-refractivity contribution in [2.24, 2.45) is 0 Å². The van der Waals surface area contributed by atoms with Gasteiger partial charge in [-0.1, -0.05) is 29.8 Å². The Kier molecular flexibility index (Phi) is 5.02. The molecule has 1 aliphatic heterocycles. The summed E-state index contributed by atoms with van der Waals surface area (Å²) in [6.45, 7) is 7.19. The van der Waals surface area contributed by atoms with E-state index in [1.165, 1.54) is 0 Å². The van der Waals surface area contributed by atoms with Crippen LogP contribution in [-0.2, 0) is 4.79 Å². The molecule has 1 saturated heterocycles. The van der Waals surface area contributed by atoms with Crippen molar-refractivity contribution >= 4 is 17.6 Å². The number of hydrogen-bond acceptors (Lipinski definition) is 3. The van der Waals surface area contributed by atoms with Gasteiger partial charge in [-0.25, -0.2) is 0 Å². The van der Waals surface area contributed by atoms with E-state index in [2.05, 4.69) is 17.9 Å². The van der Waals surface area contributed by atoms with Gasteiger partial charge in [0, 0.05) is 37.2 Å². The number of carboxylic acids is 1. The number of carboxylic acid groups (broad SMARTS) is 1. The summed E-state index contributed by atoms with van der Waals surface area (Å²) in [7, 11) is 0. The van der Waals surface area contributed by atoms with Crippen LogP contribution >= 0.6 is 11.6 Å². The second kappa shape index (κ2) is 6.57. The summed E-state index contributed by atoms with van der Waals surface area (Å²) in [4.78, 5) is 15.4. The van der Waals surface area contributed by atoms with Gasteiger partial charge in [0.15, 0.2) is 0 Å². The lowest BCUT2D eigenvalue weighted by molar-refractivity contribution is -0.143. The molecule has 4 nitrogen and oxygen atoms in total. The predicted octanol–water partition coefficient (Wildman–Crippen LogP) is 2.49. The number of piperazine rings is 1. The quantitative estimate of drug-likeness (QED) is 0.927. The topological polar surface area (TPSA) is 43.8 Å². The van der Waals surface area contributed by atoms with Crippen molar-refractivity contribution in [1.82, 2.24) is 9.80 Å². The van der Waals surface area contributed by atoms with E-state index in [9.17, 15) is 4.79 Å². The molecule has 0 amide bonds. The van der Waals surface area contributed by atoms with Crippen LogP contribution in [0.25, 0.3) is 0 Å². The molecule has 1 aliphatic rings. The van der Waals surface area contributed by atoms with Crippen LogP contribution in [-0.4, -0.2) is 53.1 Å². The highest BCUT2D eigenvalue weighted by Crippen LogP contribution is 2.27. The van der Waals surface area contributed by atoms with Gasteiger partial charge in [-0.15, -0.1) is 0 Å². The van der Waals surface area contributed by atoms with Crippen molar-refractivity contribution in [2.45, 2.75) is 25.9 Å². The first kappa shape index (κ1) is 15.3. The average molecular weight is 297 g/mol. The van der Waals surface area contributed by atoms with Crippen molar-refractivity contribution < 1.29 is 9.90 Å². The van der Waals surface area contributed by atoms with Gasteiger partial charge in [-0.3, -0.25) is 14.6 Å². The molecular weight excluding hydrogens is 276 g/mol. The molecule has 1 aromatic carbocycles. The highest BCUT2D eigenvalue weighted by Gasteiger charge is 2.27. The molecule has 0 bridgehead atoms. The van der Waals surface area contributed by atoms with Crippen LogP contribution in [0.15, 0.2) is 24.3 Å². The predicted molar refractivity (Wildman–Crippen MR) is 80.1 cm³/mol. The Labute approximate surface area is 124 Å². The molecule has 0 unspecified atom stereocenters. The van der Waals surface area contributed by atoms with E-state index in [4.69, 9.17) is 16.7 Å². The molecule has 0 saturated carbocycles. The second-order valence-corrected chi connectivity index (χ2v) is 5.69. The van der Waals surface area contributed by atoms with Crippen molar-refractivity contribution in [1.29, 1.82) is 0 Å². The van der Waals surface area contributed by atoms with Crippen LogP contribution in [0, 0.1) is 0 Å². The molecule has 110 valence electrons. The van der Waals surface area contributed by atoms with Gasteiger partial charge in [-0.2, -0.15) is 0 Å². The van der Waals surface area contributed by atoms with Gasteiger partial charge in [0.25, 0.3) is 0 Å². The molecule has 5 heteroatoms. The molecule has 0 spiro atoms. The molecule has 1 fully saturated rings. The van der Waals surface area contributed by atoms with Gasteiger partial charge in [0.2, 0.25) is 0 Å². The minimum Gasteiger partial charge on any atom is -0.480 e. The lowest BCUT2D eigenvalue weighted by Crippen LogP contribution is -2.52. The minimum atomic E-state index is -0.752. The standard InChI is InChI=1S/C15H21ClN2O2/c1-11(13-5-3-4-6-14(13)16)17-7-9-18(10-8-17)12(2)15(19)20/h3-6,11-12H,7-10H2,1-2H3,(H,19,20)/t11-,12+/m1/s1. The zero-order valence-corrected chi connectivity index (χ0v) is 12.7. The maximum atomic E-state index is 11.0. The first-order valence-electron chi connectivity index (χ1n) is 6.96. The fourth-order valence-electron chi connectivity index (χ4n) is 2.68. The fourth-order valence-corrected chi connectivity index (χ4v) is 2.97. The van der Waals surface area contributed by atoms with Gasteiger partial charge < -0.3 is 5.11 Å². The first-order valence-corrected chi connectivity index (χ1v) is 7.34. The summed E-state index contributed by atoms with van der Waals surface area (Å²) in [6, 6.07) is 7.75. The smallest absolute Gasteiger partial charge is 0.320 e. The molecule has 0 radical (unpaired) electrons. The minimum absolute atomic E-state index is 0.256. The summed E-state index contributed by atoms with van der Waals surface area (Å²) in [6.07, 6.45) is 0. The molecule has 0 aromatic heterocycles. The monoisotopic (exact) mass is 296 g/mol. The van der Waals surface area contributed by atoms with Crippen LogP contribution in [0.3, 0.4) is 0 Å².